The van der Waals surface area contributed by atoms with Crippen molar-refractivity contribution in [3.63, 3.8) is 0 Å². The Bertz CT molecular complexity index is 342. The van der Waals surface area contributed by atoms with Crippen LogP contribution in [0.5, 0.6) is 0 Å². The Hall–Kier alpha value is -1.02. The molecule has 2 N–H and O–H groups in total. The van der Waals surface area contributed by atoms with Crippen LogP contribution >= 0.6 is 0 Å². The van der Waals surface area contributed by atoms with E-state index in [1.54, 1.807) is 0 Å². The second kappa shape index (κ2) is 2.99. The predicted octanol–water partition coefficient (Wildman–Crippen LogP) is 1.74. The fourth-order valence-corrected chi connectivity index (χ4v) is 2.71. The number of nitrogens with two attached hydrogens (primary N) is 1. The number of benzene rings is 1. The standard InChI is InChI=1S/C12H16N2/c13-7-9-2-1-3-11(4-9)14-8-10-5-12(14)6-10/h1-4,10,12H,5-8,13H2. The summed E-state index contributed by atoms with van der Waals surface area (Å²) in [4.78, 5) is 2.55. The summed E-state index contributed by atoms with van der Waals surface area (Å²) in [7, 11) is 0. The summed E-state index contributed by atoms with van der Waals surface area (Å²) in [6, 6.07) is 9.49. The third-order valence-electron chi connectivity index (χ3n) is 3.58. The van der Waals surface area contributed by atoms with Crippen LogP contribution in [0.1, 0.15) is 18.4 Å². The van der Waals surface area contributed by atoms with Crippen molar-refractivity contribution in [3.8, 4) is 0 Å². The summed E-state index contributed by atoms with van der Waals surface area (Å²) >= 11 is 0. The molecule has 74 valence electrons. The van der Waals surface area contributed by atoms with Gasteiger partial charge in [-0.05, 0) is 36.5 Å². The normalized spacial score (nSPS) is 29.1. The van der Waals surface area contributed by atoms with Gasteiger partial charge in [0.15, 0.2) is 0 Å². The largest absolute Gasteiger partial charge is 0.368 e. The Morgan fingerprint density at radius 1 is 1.36 bits per heavy atom. The molecule has 1 saturated carbocycles. The number of nitrogens with zero attached hydrogens (tertiary/aromatic N) is 1. The zero-order chi connectivity index (χ0) is 9.54. The molecular weight excluding hydrogens is 172 g/mol. The van der Waals surface area contributed by atoms with Crippen LogP contribution < -0.4 is 10.6 Å². The molecule has 0 atom stereocenters. The summed E-state index contributed by atoms with van der Waals surface area (Å²) in [5, 5.41) is 0. The van der Waals surface area contributed by atoms with Crippen LogP contribution in [0.15, 0.2) is 24.3 Å². The quantitative estimate of drug-likeness (QED) is 0.766. The number of anilines is 1. The van der Waals surface area contributed by atoms with Crippen molar-refractivity contribution in [3.05, 3.63) is 29.8 Å². The lowest BCUT2D eigenvalue weighted by molar-refractivity contribution is 0.381. The predicted molar refractivity (Wildman–Crippen MR) is 58.2 cm³/mol. The monoisotopic (exact) mass is 188 g/mol. The Morgan fingerprint density at radius 2 is 2.21 bits per heavy atom. The molecule has 0 amide bonds. The van der Waals surface area contributed by atoms with Gasteiger partial charge in [-0.1, -0.05) is 12.1 Å². The highest BCUT2D eigenvalue weighted by Crippen LogP contribution is 2.43. The average molecular weight is 188 g/mol. The van der Waals surface area contributed by atoms with Crippen LogP contribution in [0.2, 0.25) is 0 Å². The van der Waals surface area contributed by atoms with Crippen LogP contribution in [-0.2, 0) is 6.54 Å². The molecule has 2 heteroatoms. The molecule has 4 rings (SSSR count). The Kier molecular flexibility index (Phi) is 1.77. The topological polar surface area (TPSA) is 29.3 Å². The Balaban J connectivity index is 1.88. The summed E-state index contributed by atoms with van der Waals surface area (Å²) in [6.45, 7) is 1.91. The SMILES string of the molecule is NCc1cccc(N2CC3CC2C3)c1. The van der Waals surface area contributed by atoms with E-state index in [0.717, 1.165) is 12.0 Å². The van der Waals surface area contributed by atoms with Gasteiger partial charge in [-0.15, -0.1) is 0 Å². The Labute approximate surface area is 84.7 Å². The van der Waals surface area contributed by atoms with Gasteiger partial charge in [0.25, 0.3) is 0 Å². The van der Waals surface area contributed by atoms with Crippen molar-refractivity contribution in [1.29, 1.82) is 0 Å². The van der Waals surface area contributed by atoms with Crippen molar-refractivity contribution in [2.75, 3.05) is 11.4 Å². The van der Waals surface area contributed by atoms with Gasteiger partial charge in [0.1, 0.15) is 0 Å². The van der Waals surface area contributed by atoms with Crippen LogP contribution in [0, 0.1) is 5.92 Å². The lowest BCUT2D eigenvalue weighted by atomic mass is 9.86. The minimum absolute atomic E-state index is 0.649. The first-order valence-electron chi connectivity index (χ1n) is 5.42. The zero-order valence-corrected chi connectivity index (χ0v) is 8.32. The van der Waals surface area contributed by atoms with E-state index >= 15 is 0 Å². The fourth-order valence-electron chi connectivity index (χ4n) is 2.71. The molecule has 2 bridgehead atoms. The smallest absolute Gasteiger partial charge is 0.0372 e. The van der Waals surface area contributed by atoms with E-state index in [1.165, 1.54) is 30.6 Å². The lowest BCUT2D eigenvalue weighted by Gasteiger charge is -2.27. The molecular formula is C12H16N2. The van der Waals surface area contributed by atoms with Gasteiger partial charge in [-0.3, -0.25) is 0 Å². The summed E-state index contributed by atoms with van der Waals surface area (Å²) in [5.41, 5.74) is 8.26. The van der Waals surface area contributed by atoms with Crippen molar-refractivity contribution in [2.45, 2.75) is 25.4 Å². The van der Waals surface area contributed by atoms with Gasteiger partial charge in [-0.25, -0.2) is 0 Å². The maximum atomic E-state index is 5.64. The van der Waals surface area contributed by atoms with Crippen molar-refractivity contribution in [2.24, 2.45) is 11.7 Å². The Morgan fingerprint density at radius 3 is 2.86 bits per heavy atom. The van der Waals surface area contributed by atoms with E-state index in [-0.39, 0.29) is 0 Å². The third-order valence-corrected chi connectivity index (χ3v) is 3.58. The van der Waals surface area contributed by atoms with E-state index in [4.69, 9.17) is 5.73 Å². The fraction of sp³-hybridized carbons (Fsp3) is 0.500. The first-order chi connectivity index (χ1) is 6.86. The van der Waals surface area contributed by atoms with Crippen LogP contribution in [0.4, 0.5) is 5.69 Å². The molecule has 3 aliphatic rings. The van der Waals surface area contributed by atoms with E-state index < -0.39 is 0 Å². The molecule has 1 aromatic rings. The summed E-state index contributed by atoms with van der Waals surface area (Å²) in [5.74, 6) is 0.974. The van der Waals surface area contributed by atoms with Crippen LogP contribution in [0.3, 0.4) is 0 Å². The summed E-state index contributed by atoms with van der Waals surface area (Å²) in [6.07, 6.45) is 2.82. The number of fused-ring (bicyclic) bond motifs is 1. The molecule has 0 spiro atoms. The minimum Gasteiger partial charge on any atom is -0.368 e. The van der Waals surface area contributed by atoms with Gasteiger partial charge in [0, 0.05) is 24.8 Å². The molecule has 0 aromatic heterocycles. The second-order valence-electron chi connectivity index (χ2n) is 4.52. The molecule has 1 aliphatic carbocycles. The van der Waals surface area contributed by atoms with Crippen molar-refractivity contribution >= 4 is 5.69 Å². The van der Waals surface area contributed by atoms with Gasteiger partial charge in [0.05, 0.1) is 0 Å². The molecule has 3 fully saturated rings. The van der Waals surface area contributed by atoms with Crippen LogP contribution in [0.25, 0.3) is 0 Å². The minimum atomic E-state index is 0.649. The van der Waals surface area contributed by atoms with Gasteiger partial charge >= 0.3 is 0 Å². The molecule has 14 heavy (non-hydrogen) atoms. The van der Waals surface area contributed by atoms with Crippen molar-refractivity contribution in [1.82, 2.24) is 0 Å². The number of hydrogen-bond donors (Lipinski definition) is 1. The molecule has 0 radical (unpaired) electrons. The maximum Gasteiger partial charge on any atom is 0.0372 e. The highest BCUT2D eigenvalue weighted by Gasteiger charge is 2.42. The zero-order valence-electron chi connectivity index (χ0n) is 8.32. The molecule has 1 aromatic carbocycles. The maximum absolute atomic E-state index is 5.64. The van der Waals surface area contributed by atoms with Gasteiger partial charge in [0.2, 0.25) is 0 Å². The first-order valence-corrected chi connectivity index (χ1v) is 5.42. The molecule has 2 nitrogen and oxygen atoms in total. The van der Waals surface area contributed by atoms with E-state index in [1.807, 2.05) is 0 Å². The molecule has 2 aliphatic heterocycles. The molecule has 0 unspecified atom stereocenters. The molecule has 2 saturated heterocycles. The number of rotatable bonds is 2. The highest BCUT2D eigenvalue weighted by atomic mass is 15.2. The second-order valence-corrected chi connectivity index (χ2v) is 4.52. The first kappa shape index (κ1) is 8.30. The van der Waals surface area contributed by atoms with Gasteiger partial charge in [-0.2, -0.15) is 0 Å². The van der Waals surface area contributed by atoms with Crippen molar-refractivity contribution < 1.29 is 0 Å². The van der Waals surface area contributed by atoms with E-state index in [9.17, 15) is 0 Å². The van der Waals surface area contributed by atoms with Crippen LogP contribution in [-0.4, -0.2) is 12.6 Å². The van der Waals surface area contributed by atoms with Gasteiger partial charge < -0.3 is 10.6 Å². The highest BCUT2D eigenvalue weighted by molar-refractivity contribution is 5.52. The van der Waals surface area contributed by atoms with E-state index in [0.29, 0.717) is 6.54 Å². The molecule has 2 heterocycles. The lowest BCUT2D eigenvalue weighted by Crippen LogP contribution is -2.28. The number of hydrogen-bond acceptors (Lipinski definition) is 2. The average Bonchev–Trinajstić information content (AvgIpc) is 2.76. The van der Waals surface area contributed by atoms with E-state index in [2.05, 4.69) is 29.2 Å². The third kappa shape index (κ3) is 1.14. The summed E-state index contributed by atoms with van der Waals surface area (Å²) < 4.78 is 0.